The number of hydrogen-bond donors (Lipinski definition) is 2. The third-order valence-corrected chi connectivity index (χ3v) is 9.78. The number of carbonyl (C=O) groups excluding carboxylic acids is 2. The van der Waals surface area contributed by atoms with Gasteiger partial charge >= 0.3 is 0 Å². The summed E-state index contributed by atoms with van der Waals surface area (Å²) in [6.07, 6.45) is 7.80. The summed E-state index contributed by atoms with van der Waals surface area (Å²) in [6.45, 7) is 5.36. The van der Waals surface area contributed by atoms with Gasteiger partial charge in [0.2, 0.25) is 11.8 Å². The maximum Gasteiger partial charge on any atom is 0.237 e. The van der Waals surface area contributed by atoms with Crippen molar-refractivity contribution < 1.29 is 9.59 Å². The SMILES string of the molecule is Cc1cc(C(=N)c2cc(N3CCC4(CCN(CC(=O)N5CC=C(c6ccc(-c7ncn(C)n7)cc6)CC5)C4)C3=O)ccc2N)ccn1. The number of rotatable bonds is 7. The van der Waals surface area contributed by atoms with Gasteiger partial charge < -0.3 is 15.5 Å². The van der Waals surface area contributed by atoms with E-state index in [2.05, 4.69) is 38.2 Å². The largest absolute Gasteiger partial charge is 0.398 e. The third-order valence-electron chi connectivity index (χ3n) is 9.78. The molecule has 1 unspecified atom stereocenters. The minimum Gasteiger partial charge on any atom is -0.398 e. The molecule has 2 amide bonds. The molecule has 5 heterocycles. The first-order valence-electron chi connectivity index (χ1n) is 16.1. The van der Waals surface area contributed by atoms with Gasteiger partial charge in [0.15, 0.2) is 5.82 Å². The lowest BCUT2D eigenvalue weighted by atomic mass is 9.85. The second-order valence-corrected chi connectivity index (χ2v) is 12.9. The number of nitrogen functional groups attached to an aromatic ring is 1. The molecular formula is C36H39N9O2. The standard InChI is InChI=1S/C36H39N9O2/c1-24-19-28(9-14-39-24)33(38)30-20-29(7-8-31(30)37)45-18-13-36(35(45)47)12-17-43(22-36)21-32(46)44-15-10-26(11-16-44)25-3-5-27(6-4-25)34-40-23-42(2)41-34/h3-10,14,19-20,23,38H,11-13,15-18,21-22,37H2,1-2H3. The Morgan fingerprint density at radius 1 is 1.00 bits per heavy atom. The van der Waals surface area contributed by atoms with E-state index in [-0.39, 0.29) is 11.8 Å². The van der Waals surface area contributed by atoms with Crippen molar-refractivity contribution in [3.8, 4) is 11.4 Å². The fourth-order valence-electron chi connectivity index (χ4n) is 7.08. The number of nitrogens with two attached hydrogens (primary N) is 1. The van der Waals surface area contributed by atoms with Crippen LogP contribution in [0.2, 0.25) is 0 Å². The van der Waals surface area contributed by atoms with Crippen LogP contribution in [0.4, 0.5) is 11.4 Å². The number of likely N-dealkylation sites (tertiary alicyclic amines) is 1. The summed E-state index contributed by atoms with van der Waals surface area (Å²) in [6, 6.07) is 17.4. The number of aromatic nitrogens is 4. The van der Waals surface area contributed by atoms with Gasteiger partial charge in [-0.25, -0.2) is 4.98 Å². The summed E-state index contributed by atoms with van der Waals surface area (Å²) in [4.78, 5) is 41.7. The van der Waals surface area contributed by atoms with Gasteiger partial charge in [0, 0.05) is 73.2 Å². The number of aryl methyl sites for hydroxylation is 2. The van der Waals surface area contributed by atoms with E-state index >= 15 is 0 Å². The van der Waals surface area contributed by atoms with Crippen molar-refractivity contribution in [2.24, 2.45) is 12.5 Å². The lowest BCUT2D eigenvalue weighted by Gasteiger charge is -2.29. The summed E-state index contributed by atoms with van der Waals surface area (Å²) in [7, 11) is 1.85. The second kappa shape index (κ2) is 12.2. The highest BCUT2D eigenvalue weighted by molar-refractivity contribution is 6.14. The van der Waals surface area contributed by atoms with Gasteiger partial charge in [-0.3, -0.25) is 29.6 Å². The molecule has 11 heteroatoms. The van der Waals surface area contributed by atoms with E-state index in [9.17, 15) is 9.59 Å². The van der Waals surface area contributed by atoms with Crippen molar-refractivity contribution in [1.29, 1.82) is 5.41 Å². The summed E-state index contributed by atoms with van der Waals surface area (Å²) < 4.78 is 1.69. The number of benzene rings is 2. The van der Waals surface area contributed by atoms with E-state index in [4.69, 9.17) is 11.1 Å². The number of nitrogens with zero attached hydrogens (tertiary/aromatic N) is 7. The van der Waals surface area contributed by atoms with Gasteiger partial charge in [-0.1, -0.05) is 30.3 Å². The molecule has 3 aliphatic rings. The van der Waals surface area contributed by atoms with Crippen LogP contribution in [0.1, 0.15) is 41.6 Å². The zero-order valence-corrected chi connectivity index (χ0v) is 26.8. The van der Waals surface area contributed by atoms with Crippen LogP contribution < -0.4 is 10.6 Å². The third kappa shape index (κ3) is 5.94. The first kappa shape index (κ1) is 30.5. The zero-order valence-electron chi connectivity index (χ0n) is 26.8. The molecule has 3 N–H and O–H groups in total. The average Bonchev–Trinajstić information content (AvgIpc) is 3.80. The van der Waals surface area contributed by atoms with E-state index in [1.807, 2.05) is 54.1 Å². The fourth-order valence-corrected chi connectivity index (χ4v) is 7.08. The van der Waals surface area contributed by atoms with Gasteiger partial charge in [-0.2, -0.15) is 5.10 Å². The number of hydrogen-bond acceptors (Lipinski definition) is 8. The van der Waals surface area contributed by atoms with Gasteiger partial charge in [0.05, 0.1) is 17.7 Å². The Morgan fingerprint density at radius 2 is 1.79 bits per heavy atom. The van der Waals surface area contributed by atoms with Crippen LogP contribution in [0.15, 0.2) is 73.2 Å². The summed E-state index contributed by atoms with van der Waals surface area (Å²) in [5, 5.41) is 13.2. The van der Waals surface area contributed by atoms with Crippen molar-refractivity contribution >= 4 is 34.5 Å². The molecule has 0 bridgehead atoms. The molecule has 47 heavy (non-hydrogen) atoms. The highest BCUT2D eigenvalue weighted by Gasteiger charge is 2.51. The molecule has 1 spiro atoms. The van der Waals surface area contributed by atoms with Crippen molar-refractivity contribution in [2.75, 3.05) is 49.9 Å². The lowest BCUT2D eigenvalue weighted by Crippen LogP contribution is -2.43. The highest BCUT2D eigenvalue weighted by atomic mass is 16.2. The summed E-state index contributed by atoms with van der Waals surface area (Å²) in [5.41, 5.74) is 12.9. The lowest BCUT2D eigenvalue weighted by molar-refractivity contribution is -0.132. The summed E-state index contributed by atoms with van der Waals surface area (Å²) in [5.74, 6) is 0.894. The minimum atomic E-state index is -0.497. The van der Waals surface area contributed by atoms with Crippen molar-refractivity contribution in [3.63, 3.8) is 0 Å². The predicted octanol–water partition coefficient (Wildman–Crippen LogP) is 3.93. The molecule has 0 radical (unpaired) electrons. The topological polar surface area (TPSA) is 137 Å². The fraction of sp³-hybridized carbons (Fsp3) is 0.333. The maximum absolute atomic E-state index is 13.9. The van der Waals surface area contributed by atoms with Crippen molar-refractivity contribution in [1.82, 2.24) is 29.5 Å². The molecular weight excluding hydrogens is 590 g/mol. The van der Waals surface area contributed by atoms with Crippen LogP contribution in [0, 0.1) is 17.7 Å². The van der Waals surface area contributed by atoms with Crippen LogP contribution in [0.5, 0.6) is 0 Å². The number of nitrogens with one attached hydrogen (secondary N) is 1. The van der Waals surface area contributed by atoms with Crippen LogP contribution in [-0.2, 0) is 16.6 Å². The molecule has 3 aliphatic heterocycles. The van der Waals surface area contributed by atoms with Gasteiger partial charge in [0.25, 0.3) is 0 Å². The Bertz CT molecular complexity index is 1900. The Labute approximate surface area is 274 Å². The van der Waals surface area contributed by atoms with E-state index in [1.165, 1.54) is 5.57 Å². The van der Waals surface area contributed by atoms with E-state index < -0.39 is 5.41 Å². The molecule has 2 fully saturated rings. The first-order valence-corrected chi connectivity index (χ1v) is 16.1. The normalized spacial score (nSPS) is 19.9. The summed E-state index contributed by atoms with van der Waals surface area (Å²) >= 11 is 0. The van der Waals surface area contributed by atoms with Gasteiger partial charge in [0.1, 0.15) is 6.33 Å². The van der Waals surface area contributed by atoms with Crippen molar-refractivity contribution in [3.05, 3.63) is 95.6 Å². The number of amides is 2. The molecule has 240 valence electrons. The van der Waals surface area contributed by atoms with E-state index in [0.29, 0.717) is 55.5 Å². The highest BCUT2D eigenvalue weighted by Crippen LogP contribution is 2.43. The smallest absolute Gasteiger partial charge is 0.237 e. The first-order chi connectivity index (χ1) is 22.7. The maximum atomic E-state index is 13.9. The van der Waals surface area contributed by atoms with Crippen LogP contribution in [-0.4, -0.2) is 86.3 Å². The van der Waals surface area contributed by atoms with Crippen LogP contribution in [0.3, 0.4) is 0 Å². The average molecular weight is 630 g/mol. The quantitative estimate of drug-likeness (QED) is 0.234. The number of anilines is 2. The van der Waals surface area contributed by atoms with E-state index in [0.717, 1.165) is 53.9 Å². The van der Waals surface area contributed by atoms with Gasteiger partial charge in [-0.15, -0.1) is 0 Å². The molecule has 0 aliphatic carbocycles. The molecule has 4 aromatic rings. The molecule has 2 aromatic heterocycles. The Balaban J connectivity index is 0.960. The molecule has 7 rings (SSSR count). The van der Waals surface area contributed by atoms with Crippen LogP contribution >= 0.6 is 0 Å². The molecule has 11 nitrogen and oxygen atoms in total. The second-order valence-electron chi connectivity index (χ2n) is 12.9. The minimum absolute atomic E-state index is 0.0878. The Morgan fingerprint density at radius 3 is 2.51 bits per heavy atom. The van der Waals surface area contributed by atoms with Gasteiger partial charge in [-0.05, 0) is 74.2 Å². The van der Waals surface area contributed by atoms with Crippen molar-refractivity contribution in [2.45, 2.75) is 26.2 Å². The monoisotopic (exact) mass is 629 g/mol. The Hall–Kier alpha value is -5.16. The van der Waals surface area contributed by atoms with E-state index in [1.54, 1.807) is 29.3 Å². The predicted molar refractivity (Wildman–Crippen MR) is 182 cm³/mol. The Kier molecular flexibility index (Phi) is 7.93. The van der Waals surface area contributed by atoms with Crippen LogP contribution in [0.25, 0.3) is 17.0 Å². The molecule has 2 saturated heterocycles. The number of carbonyl (C=O) groups is 2. The number of pyridine rings is 1. The molecule has 0 saturated carbocycles. The molecule has 1 atom stereocenters. The zero-order chi connectivity index (χ0) is 32.7. The molecule has 2 aromatic carbocycles.